The van der Waals surface area contributed by atoms with Crippen LogP contribution in [0, 0.1) is 12.3 Å². The Kier molecular flexibility index (Phi) is 6.41. The molecule has 0 radical (unpaired) electrons. The second-order valence-electron chi connectivity index (χ2n) is 4.84. The van der Waals surface area contributed by atoms with E-state index in [-0.39, 0.29) is 18.8 Å². The number of benzene rings is 1. The number of ether oxygens (including phenoxy) is 1. The van der Waals surface area contributed by atoms with E-state index in [1.54, 1.807) is 0 Å². The molecular weight excluding hydrogens is 238 g/mol. The summed E-state index contributed by atoms with van der Waals surface area (Å²) in [5.41, 5.74) is 1.02. The lowest BCUT2D eigenvalue weighted by molar-refractivity contribution is 0.214. The van der Waals surface area contributed by atoms with Crippen LogP contribution in [0.25, 0.3) is 0 Å². The van der Waals surface area contributed by atoms with Gasteiger partial charge in [-0.3, -0.25) is 0 Å². The zero-order valence-corrected chi connectivity index (χ0v) is 11.8. The zero-order valence-electron chi connectivity index (χ0n) is 11.8. The van der Waals surface area contributed by atoms with Gasteiger partial charge < -0.3 is 15.2 Å². The second-order valence-corrected chi connectivity index (χ2v) is 4.84. The van der Waals surface area contributed by atoms with Crippen LogP contribution in [0.1, 0.15) is 32.3 Å². The number of rotatable bonds is 8. The Labute approximate surface area is 116 Å². The molecule has 0 aliphatic rings. The number of aliphatic hydroxyl groups is 1. The molecule has 3 nitrogen and oxygen atoms in total. The van der Waals surface area contributed by atoms with Crippen molar-refractivity contribution in [3.05, 3.63) is 29.8 Å². The molecule has 19 heavy (non-hydrogen) atoms. The minimum Gasteiger partial charge on any atom is -0.481 e. The third-order valence-electron chi connectivity index (χ3n) is 3.43. The van der Waals surface area contributed by atoms with E-state index in [0.717, 1.165) is 24.2 Å². The third-order valence-corrected chi connectivity index (χ3v) is 3.43. The van der Waals surface area contributed by atoms with E-state index in [4.69, 9.17) is 16.3 Å². The molecule has 0 saturated heterocycles. The van der Waals surface area contributed by atoms with Gasteiger partial charge in [-0.25, -0.2) is 0 Å². The van der Waals surface area contributed by atoms with Gasteiger partial charge in [0.25, 0.3) is 0 Å². The summed E-state index contributed by atoms with van der Waals surface area (Å²) in [6.07, 6.45) is 6.90. The van der Waals surface area contributed by atoms with Gasteiger partial charge in [0.05, 0.1) is 0 Å². The van der Waals surface area contributed by atoms with E-state index in [0.29, 0.717) is 6.54 Å². The maximum atomic E-state index is 9.11. The molecule has 1 rings (SSSR count). The van der Waals surface area contributed by atoms with E-state index in [1.165, 1.54) is 0 Å². The van der Waals surface area contributed by atoms with E-state index < -0.39 is 0 Å². The largest absolute Gasteiger partial charge is 0.481 e. The van der Waals surface area contributed by atoms with Gasteiger partial charge >= 0.3 is 0 Å². The van der Waals surface area contributed by atoms with Crippen molar-refractivity contribution >= 4 is 0 Å². The maximum absolute atomic E-state index is 9.11. The summed E-state index contributed by atoms with van der Waals surface area (Å²) in [6, 6.07) is 7.86. The Morgan fingerprint density at radius 3 is 2.79 bits per heavy atom. The summed E-state index contributed by atoms with van der Waals surface area (Å²) in [5, 5.41) is 12.6. The molecule has 1 atom stereocenters. The Hall–Kier alpha value is -1.50. The maximum Gasteiger partial charge on any atom is 0.148 e. The molecule has 0 heterocycles. The minimum atomic E-state index is -0.0615. The summed E-state index contributed by atoms with van der Waals surface area (Å²) in [7, 11) is 0. The first-order chi connectivity index (χ1) is 9.15. The lowest BCUT2D eigenvalue weighted by Crippen LogP contribution is -2.42. The van der Waals surface area contributed by atoms with Gasteiger partial charge in [-0.15, -0.1) is 6.42 Å². The standard InChI is InChI=1S/C16H23NO2/c1-4-12-19-15-9-7-6-8-14(15)13-17-16(3,5-2)10-11-18/h1,6-9,17-18H,5,10-13H2,2-3H3. The van der Waals surface area contributed by atoms with E-state index in [9.17, 15) is 0 Å². The molecule has 104 valence electrons. The van der Waals surface area contributed by atoms with Crippen LogP contribution in [0.2, 0.25) is 0 Å². The van der Waals surface area contributed by atoms with E-state index in [1.807, 2.05) is 24.3 Å². The number of nitrogens with one attached hydrogen (secondary N) is 1. The van der Waals surface area contributed by atoms with Gasteiger partial charge in [0.15, 0.2) is 0 Å². The Morgan fingerprint density at radius 2 is 2.16 bits per heavy atom. The fourth-order valence-corrected chi connectivity index (χ4v) is 1.86. The summed E-state index contributed by atoms with van der Waals surface area (Å²) >= 11 is 0. The van der Waals surface area contributed by atoms with Crippen molar-refractivity contribution in [1.82, 2.24) is 5.32 Å². The summed E-state index contributed by atoms with van der Waals surface area (Å²) in [6.45, 7) is 5.40. The van der Waals surface area contributed by atoms with Gasteiger partial charge in [0.1, 0.15) is 12.4 Å². The van der Waals surface area contributed by atoms with Crippen LogP contribution < -0.4 is 10.1 Å². The number of para-hydroxylation sites is 1. The molecule has 3 heteroatoms. The van der Waals surface area contributed by atoms with Gasteiger partial charge in [-0.2, -0.15) is 0 Å². The van der Waals surface area contributed by atoms with Crippen LogP contribution in [0.15, 0.2) is 24.3 Å². The Balaban J connectivity index is 2.69. The van der Waals surface area contributed by atoms with Gasteiger partial charge in [-0.05, 0) is 25.8 Å². The quantitative estimate of drug-likeness (QED) is 0.706. The van der Waals surface area contributed by atoms with Crippen molar-refractivity contribution in [2.45, 2.75) is 38.8 Å². The molecular formula is C16H23NO2. The molecule has 2 N–H and O–H groups in total. The monoisotopic (exact) mass is 261 g/mol. The fraction of sp³-hybridized carbons (Fsp3) is 0.500. The molecule has 0 aromatic heterocycles. The molecule has 1 aromatic carbocycles. The highest BCUT2D eigenvalue weighted by molar-refractivity contribution is 5.33. The van der Waals surface area contributed by atoms with Gasteiger partial charge in [-0.1, -0.05) is 31.0 Å². The van der Waals surface area contributed by atoms with Crippen LogP contribution in [-0.2, 0) is 6.54 Å². The van der Waals surface area contributed by atoms with Gasteiger partial charge in [0, 0.05) is 24.3 Å². The highest BCUT2D eigenvalue weighted by atomic mass is 16.5. The summed E-state index contributed by atoms with van der Waals surface area (Å²) in [4.78, 5) is 0. The van der Waals surface area contributed by atoms with Crippen LogP contribution >= 0.6 is 0 Å². The third kappa shape index (κ3) is 4.94. The van der Waals surface area contributed by atoms with Crippen molar-refractivity contribution in [2.75, 3.05) is 13.2 Å². The van der Waals surface area contributed by atoms with Crippen molar-refractivity contribution in [2.24, 2.45) is 0 Å². The normalized spacial score (nSPS) is 13.6. The number of aliphatic hydroxyl groups excluding tert-OH is 1. The summed E-state index contributed by atoms with van der Waals surface area (Å²) < 4.78 is 5.52. The average molecular weight is 261 g/mol. The van der Waals surface area contributed by atoms with Crippen LogP contribution in [0.5, 0.6) is 5.75 Å². The SMILES string of the molecule is C#CCOc1ccccc1CNC(C)(CC)CCO. The lowest BCUT2D eigenvalue weighted by Gasteiger charge is -2.29. The number of terminal acetylenes is 1. The molecule has 0 amide bonds. The average Bonchev–Trinajstić information content (AvgIpc) is 2.44. The molecule has 0 saturated carbocycles. The van der Waals surface area contributed by atoms with Gasteiger partial charge in [0.2, 0.25) is 0 Å². The topological polar surface area (TPSA) is 41.5 Å². The van der Waals surface area contributed by atoms with E-state index in [2.05, 4.69) is 25.1 Å². The molecule has 0 spiro atoms. The van der Waals surface area contributed by atoms with Crippen LogP contribution in [0.4, 0.5) is 0 Å². The molecule has 0 bridgehead atoms. The lowest BCUT2D eigenvalue weighted by atomic mass is 9.94. The predicted octanol–water partition coefficient (Wildman–Crippen LogP) is 2.34. The zero-order chi connectivity index (χ0) is 14.1. The highest BCUT2D eigenvalue weighted by Crippen LogP contribution is 2.20. The highest BCUT2D eigenvalue weighted by Gasteiger charge is 2.20. The second kappa shape index (κ2) is 7.83. The smallest absolute Gasteiger partial charge is 0.148 e. The minimum absolute atomic E-state index is 0.0615. The molecule has 0 fully saturated rings. The first-order valence-electron chi connectivity index (χ1n) is 6.65. The van der Waals surface area contributed by atoms with Crippen molar-refractivity contribution < 1.29 is 9.84 Å². The van der Waals surface area contributed by atoms with Crippen molar-refractivity contribution in [3.63, 3.8) is 0 Å². The van der Waals surface area contributed by atoms with Crippen LogP contribution in [-0.4, -0.2) is 23.9 Å². The molecule has 0 aliphatic heterocycles. The van der Waals surface area contributed by atoms with Crippen molar-refractivity contribution in [3.8, 4) is 18.1 Å². The Morgan fingerprint density at radius 1 is 1.42 bits per heavy atom. The molecule has 1 unspecified atom stereocenters. The van der Waals surface area contributed by atoms with Crippen LogP contribution in [0.3, 0.4) is 0 Å². The molecule has 1 aromatic rings. The fourth-order valence-electron chi connectivity index (χ4n) is 1.86. The Bertz CT molecular complexity index is 425. The first kappa shape index (κ1) is 15.6. The number of hydrogen-bond acceptors (Lipinski definition) is 3. The molecule has 0 aliphatic carbocycles. The predicted molar refractivity (Wildman–Crippen MR) is 78.0 cm³/mol. The number of hydrogen-bond donors (Lipinski definition) is 2. The first-order valence-corrected chi connectivity index (χ1v) is 6.65. The van der Waals surface area contributed by atoms with Crippen molar-refractivity contribution in [1.29, 1.82) is 0 Å². The van der Waals surface area contributed by atoms with E-state index >= 15 is 0 Å². The summed E-state index contributed by atoms with van der Waals surface area (Å²) in [5.74, 6) is 3.29.